The zero-order valence-corrected chi connectivity index (χ0v) is 11.1. The second-order valence-corrected chi connectivity index (χ2v) is 4.49. The molecule has 96 valence electrons. The Morgan fingerprint density at radius 2 is 1.31 bits per heavy atom. The average Bonchev–Trinajstić information content (AvgIpc) is 2.26. The molecule has 0 saturated heterocycles. The topological polar surface area (TPSA) is 53.1 Å². The van der Waals surface area contributed by atoms with Gasteiger partial charge in [-0.1, -0.05) is 52.4 Å². The van der Waals surface area contributed by atoms with Gasteiger partial charge < -0.3 is 10.6 Å². The lowest BCUT2D eigenvalue weighted by Gasteiger charge is -2.22. The molecule has 0 aromatic heterocycles. The smallest absolute Gasteiger partial charge is 0.188 e. The zero-order chi connectivity index (χ0) is 12.2. The summed E-state index contributed by atoms with van der Waals surface area (Å²) in [6.07, 6.45) is 9.96. The average molecular weight is 227 g/mol. The van der Waals surface area contributed by atoms with E-state index in [0.717, 1.165) is 13.1 Å². The quantitative estimate of drug-likeness (QED) is 0.342. The van der Waals surface area contributed by atoms with Gasteiger partial charge in [-0.3, -0.25) is 5.41 Å². The maximum absolute atomic E-state index is 7.52. The maximum Gasteiger partial charge on any atom is 0.188 e. The van der Waals surface area contributed by atoms with Crippen molar-refractivity contribution < 1.29 is 0 Å². The Balaban J connectivity index is 3.59. The lowest BCUT2D eigenvalue weighted by molar-refractivity contribution is 0.381. The summed E-state index contributed by atoms with van der Waals surface area (Å²) in [6, 6.07) is 0. The van der Waals surface area contributed by atoms with Crippen molar-refractivity contribution in [3.05, 3.63) is 0 Å². The fourth-order valence-corrected chi connectivity index (χ4v) is 1.81. The molecule has 0 fully saturated rings. The van der Waals surface area contributed by atoms with Gasteiger partial charge >= 0.3 is 0 Å². The minimum atomic E-state index is 0.244. The van der Waals surface area contributed by atoms with Crippen LogP contribution in [0.15, 0.2) is 0 Å². The summed E-state index contributed by atoms with van der Waals surface area (Å²) in [7, 11) is 0. The predicted octanol–water partition coefficient (Wildman–Crippen LogP) is 3.34. The molecule has 0 heterocycles. The second-order valence-electron chi connectivity index (χ2n) is 4.49. The molecular weight excluding hydrogens is 198 g/mol. The Kier molecular flexibility index (Phi) is 10.3. The molecule has 0 atom stereocenters. The molecule has 0 bridgehead atoms. The first-order valence-electron chi connectivity index (χ1n) is 6.81. The van der Waals surface area contributed by atoms with E-state index in [2.05, 4.69) is 13.8 Å². The summed E-state index contributed by atoms with van der Waals surface area (Å²) in [5.74, 6) is 0.244. The van der Waals surface area contributed by atoms with Gasteiger partial charge in [0.1, 0.15) is 0 Å². The van der Waals surface area contributed by atoms with Crippen molar-refractivity contribution in [1.29, 1.82) is 5.41 Å². The third kappa shape index (κ3) is 8.57. The second kappa shape index (κ2) is 10.8. The molecule has 0 aliphatic carbocycles. The Bertz CT molecular complexity index is 157. The van der Waals surface area contributed by atoms with Crippen LogP contribution in [0, 0.1) is 5.41 Å². The molecule has 0 rings (SSSR count). The van der Waals surface area contributed by atoms with Crippen LogP contribution in [0.2, 0.25) is 0 Å². The molecule has 0 aliphatic rings. The van der Waals surface area contributed by atoms with Gasteiger partial charge in [-0.15, -0.1) is 0 Å². The molecule has 3 N–H and O–H groups in total. The van der Waals surface area contributed by atoms with Gasteiger partial charge in [0.15, 0.2) is 5.96 Å². The number of unbranched alkanes of at least 4 members (excludes halogenated alkanes) is 6. The Morgan fingerprint density at radius 3 is 1.62 bits per heavy atom. The Hall–Kier alpha value is -0.730. The van der Waals surface area contributed by atoms with Crippen molar-refractivity contribution in [3.63, 3.8) is 0 Å². The van der Waals surface area contributed by atoms with E-state index in [1.54, 1.807) is 0 Å². The summed E-state index contributed by atoms with van der Waals surface area (Å²) in [5.41, 5.74) is 5.58. The van der Waals surface area contributed by atoms with Gasteiger partial charge in [0.05, 0.1) is 0 Å². The van der Waals surface area contributed by atoms with E-state index >= 15 is 0 Å². The van der Waals surface area contributed by atoms with Crippen LogP contribution >= 0.6 is 0 Å². The maximum atomic E-state index is 7.52. The highest BCUT2D eigenvalue weighted by Gasteiger charge is 2.05. The highest BCUT2D eigenvalue weighted by Crippen LogP contribution is 2.04. The molecule has 0 saturated carbocycles. The lowest BCUT2D eigenvalue weighted by atomic mass is 10.2. The molecule has 3 nitrogen and oxygen atoms in total. The molecule has 3 heteroatoms. The standard InChI is InChI=1S/C13H29N3/c1-3-5-7-9-11-16(13(14)15)12-10-8-6-4-2/h3-12H2,1-2H3,(H3,14,15). The van der Waals surface area contributed by atoms with Crippen LogP contribution in [0.3, 0.4) is 0 Å². The third-order valence-electron chi connectivity index (χ3n) is 2.90. The van der Waals surface area contributed by atoms with Crippen LogP contribution in [0.25, 0.3) is 0 Å². The molecule has 0 aromatic carbocycles. The van der Waals surface area contributed by atoms with E-state index < -0.39 is 0 Å². The highest BCUT2D eigenvalue weighted by atomic mass is 15.2. The number of nitrogens with one attached hydrogen (secondary N) is 1. The van der Waals surface area contributed by atoms with Crippen molar-refractivity contribution >= 4 is 5.96 Å². The number of nitrogens with zero attached hydrogens (tertiary/aromatic N) is 1. The van der Waals surface area contributed by atoms with E-state index in [1.807, 2.05) is 4.90 Å². The summed E-state index contributed by atoms with van der Waals surface area (Å²) >= 11 is 0. The summed E-state index contributed by atoms with van der Waals surface area (Å²) < 4.78 is 0. The van der Waals surface area contributed by atoms with E-state index in [-0.39, 0.29) is 5.96 Å². The van der Waals surface area contributed by atoms with E-state index in [0.29, 0.717) is 0 Å². The minimum absolute atomic E-state index is 0.244. The first-order valence-corrected chi connectivity index (χ1v) is 6.81. The number of guanidine groups is 1. The number of nitrogens with two attached hydrogens (primary N) is 1. The molecule has 0 spiro atoms. The summed E-state index contributed by atoms with van der Waals surface area (Å²) in [6.45, 7) is 6.35. The van der Waals surface area contributed by atoms with Crippen molar-refractivity contribution in [1.82, 2.24) is 4.90 Å². The number of rotatable bonds is 10. The van der Waals surface area contributed by atoms with Crippen LogP contribution < -0.4 is 5.73 Å². The largest absolute Gasteiger partial charge is 0.370 e. The Labute approximate surface area is 101 Å². The van der Waals surface area contributed by atoms with Gasteiger partial charge in [0.2, 0.25) is 0 Å². The summed E-state index contributed by atoms with van der Waals surface area (Å²) in [5, 5.41) is 7.52. The first-order chi connectivity index (χ1) is 7.72. The van der Waals surface area contributed by atoms with Crippen LogP contribution in [-0.4, -0.2) is 23.9 Å². The third-order valence-corrected chi connectivity index (χ3v) is 2.90. The molecular formula is C13H29N3. The van der Waals surface area contributed by atoms with Gasteiger partial charge in [-0.2, -0.15) is 0 Å². The fraction of sp³-hybridized carbons (Fsp3) is 0.923. The van der Waals surface area contributed by atoms with Crippen LogP contribution in [0.4, 0.5) is 0 Å². The summed E-state index contributed by atoms with van der Waals surface area (Å²) in [4.78, 5) is 2.02. The molecule has 0 amide bonds. The zero-order valence-electron chi connectivity index (χ0n) is 11.1. The first kappa shape index (κ1) is 15.3. The van der Waals surface area contributed by atoms with E-state index in [1.165, 1.54) is 51.4 Å². The van der Waals surface area contributed by atoms with Crippen molar-refractivity contribution in [3.8, 4) is 0 Å². The Morgan fingerprint density at radius 1 is 0.875 bits per heavy atom. The fourth-order valence-electron chi connectivity index (χ4n) is 1.81. The van der Waals surface area contributed by atoms with Crippen LogP contribution in [0.5, 0.6) is 0 Å². The van der Waals surface area contributed by atoms with Gasteiger partial charge in [-0.05, 0) is 12.8 Å². The van der Waals surface area contributed by atoms with E-state index in [4.69, 9.17) is 11.1 Å². The molecule has 0 aromatic rings. The van der Waals surface area contributed by atoms with Crippen molar-refractivity contribution in [2.24, 2.45) is 5.73 Å². The molecule has 0 aliphatic heterocycles. The monoisotopic (exact) mass is 227 g/mol. The van der Waals surface area contributed by atoms with E-state index in [9.17, 15) is 0 Å². The van der Waals surface area contributed by atoms with Gasteiger partial charge in [-0.25, -0.2) is 0 Å². The molecule has 0 radical (unpaired) electrons. The van der Waals surface area contributed by atoms with Crippen LogP contribution in [0.1, 0.15) is 65.2 Å². The number of hydrogen-bond donors (Lipinski definition) is 2. The van der Waals surface area contributed by atoms with Gasteiger partial charge in [0.25, 0.3) is 0 Å². The minimum Gasteiger partial charge on any atom is -0.370 e. The van der Waals surface area contributed by atoms with Crippen LogP contribution in [-0.2, 0) is 0 Å². The molecule has 16 heavy (non-hydrogen) atoms. The predicted molar refractivity (Wildman–Crippen MR) is 71.8 cm³/mol. The SMILES string of the molecule is CCCCCCN(CCCCCC)C(=N)N. The lowest BCUT2D eigenvalue weighted by Crippen LogP contribution is -2.37. The normalized spacial score (nSPS) is 10.4. The van der Waals surface area contributed by atoms with Crippen molar-refractivity contribution in [2.75, 3.05) is 13.1 Å². The van der Waals surface area contributed by atoms with Crippen molar-refractivity contribution in [2.45, 2.75) is 65.2 Å². The number of hydrogen-bond acceptors (Lipinski definition) is 1. The highest BCUT2D eigenvalue weighted by molar-refractivity contribution is 5.74. The van der Waals surface area contributed by atoms with Gasteiger partial charge in [0, 0.05) is 13.1 Å². The molecule has 0 unspecified atom stereocenters.